The summed E-state index contributed by atoms with van der Waals surface area (Å²) in [6.07, 6.45) is 5.76. The molecule has 0 bridgehead atoms. The van der Waals surface area contributed by atoms with Crippen molar-refractivity contribution in [2.24, 2.45) is 11.1 Å². The third kappa shape index (κ3) is 8.85. The second-order valence-electron chi connectivity index (χ2n) is 4.91. The number of unbranched alkanes of at least 4 members (excludes halogenated alkanes) is 3. The zero-order valence-electron chi connectivity index (χ0n) is 11.0. The quantitative estimate of drug-likeness (QED) is 0.645. The molecule has 2 N–H and O–H groups in total. The fourth-order valence-electron chi connectivity index (χ4n) is 2.02. The van der Waals surface area contributed by atoms with E-state index in [4.69, 9.17) is 14.6 Å². The molecule has 1 aliphatic rings. The molecule has 0 aliphatic carbocycles. The van der Waals surface area contributed by atoms with Gasteiger partial charge in [0, 0.05) is 26.4 Å². The Hall–Kier alpha value is -0.170. The molecule has 0 aromatic carbocycles. The van der Waals surface area contributed by atoms with Gasteiger partial charge >= 0.3 is 0 Å². The number of primary sulfonamides is 1. The van der Waals surface area contributed by atoms with Crippen LogP contribution in [-0.2, 0) is 19.5 Å². The van der Waals surface area contributed by atoms with Crippen LogP contribution in [-0.4, -0.2) is 40.6 Å². The van der Waals surface area contributed by atoms with E-state index >= 15 is 0 Å². The standard InChI is InChI=1S/C12H25NO4S/c13-18(14,15)10-4-2-1-3-7-17-11-12-5-8-16-9-6-12/h12H,1-11H2,(H2,13,14,15). The molecule has 0 aromatic rings. The highest BCUT2D eigenvalue weighted by Crippen LogP contribution is 2.14. The van der Waals surface area contributed by atoms with E-state index in [0.717, 1.165) is 58.5 Å². The van der Waals surface area contributed by atoms with E-state index in [2.05, 4.69) is 0 Å². The van der Waals surface area contributed by atoms with Crippen molar-refractivity contribution in [3.63, 3.8) is 0 Å². The number of hydrogen-bond acceptors (Lipinski definition) is 4. The van der Waals surface area contributed by atoms with Gasteiger partial charge in [-0.1, -0.05) is 12.8 Å². The van der Waals surface area contributed by atoms with Crippen LogP contribution in [0.5, 0.6) is 0 Å². The van der Waals surface area contributed by atoms with Crippen molar-refractivity contribution in [2.45, 2.75) is 38.5 Å². The van der Waals surface area contributed by atoms with Gasteiger partial charge in [0.05, 0.1) is 5.75 Å². The SMILES string of the molecule is NS(=O)(=O)CCCCCCOCC1CCOCC1. The average molecular weight is 279 g/mol. The Bertz CT molecular complexity index is 299. The van der Waals surface area contributed by atoms with Crippen LogP contribution in [0, 0.1) is 5.92 Å². The van der Waals surface area contributed by atoms with Crippen molar-refractivity contribution in [1.82, 2.24) is 0 Å². The summed E-state index contributed by atoms with van der Waals surface area (Å²) in [4.78, 5) is 0. The van der Waals surface area contributed by atoms with E-state index in [0.29, 0.717) is 12.3 Å². The van der Waals surface area contributed by atoms with Crippen molar-refractivity contribution in [3.05, 3.63) is 0 Å². The summed E-state index contributed by atoms with van der Waals surface area (Å²) >= 11 is 0. The lowest BCUT2D eigenvalue weighted by Gasteiger charge is -2.21. The molecule has 0 radical (unpaired) electrons. The Morgan fingerprint density at radius 1 is 1.11 bits per heavy atom. The highest BCUT2D eigenvalue weighted by atomic mass is 32.2. The number of ether oxygens (including phenoxy) is 2. The third-order valence-electron chi connectivity index (χ3n) is 3.16. The molecule has 1 saturated heterocycles. The highest BCUT2D eigenvalue weighted by Gasteiger charge is 2.13. The van der Waals surface area contributed by atoms with Crippen molar-refractivity contribution in [3.8, 4) is 0 Å². The fourth-order valence-corrected chi connectivity index (χ4v) is 2.63. The Labute approximate surface area is 110 Å². The first-order valence-corrected chi connectivity index (χ1v) is 8.45. The third-order valence-corrected chi connectivity index (χ3v) is 4.02. The molecular weight excluding hydrogens is 254 g/mol. The second kappa shape index (κ2) is 8.85. The second-order valence-corrected chi connectivity index (χ2v) is 6.65. The molecule has 6 heteroatoms. The minimum Gasteiger partial charge on any atom is -0.381 e. The summed E-state index contributed by atoms with van der Waals surface area (Å²) in [5.41, 5.74) is 0. The molecular formula is C12H25NO4S. The molecule has 0 aromatic heterocycles. The summed E-state index contributed by atoms with van der Waals surface area (Å²) in [6, 6.07) is 0. The first-order valence-electron chi connectivity index (χ1n) is 6.74. The lowest BCUT2D eigenvalue weighted by atomic mass is 10.0. The normalized spacial score (nSPS) is 18.1. The largest absolute Gasteiger partial charge is 0.381 e. The van der Waals surface area contributed by atoms with Crippen LogP contribution in [0.1, 0.15) is 38.5 Å². The number of sulfonamides is 1. The smallest absolute Gasteiger partial charge is 0.209 e. The fraction of sp³-hybridized carbons (Fsp3) is 1.00. The van der Waals surface area contributed by atoms with Crippen LogP contribution in [0.4, 0.5) is 0 Å². The number of nitrogens with two attached hydrogens (primary N) is 1. The minimum absolute atomic E-state index is 0.0932. The van der Waals surface area contributed by atoms with Gasteiger partial charge in [-0.15, -0.1) is 0 Å². The van der Waals surface area contributed by atoms with Crippen molar-refractivity contribution < 1.29 is 17.9 Å². The molecule has 0 unspecified atom stereocenters. The Balaban J connectivity index is 1.83. The van der Waals surface area contributed by atoms with Crippen molar-refractivity contribution in [1.29, 1.82) is 0 Å². The molecule has 18 heavy (non-hydrogen) atoms. The van der Waals surface area contributed by atoms with E-state index in [1.54, 1.807) is 0 Å². The Morgan fingerprint density at radius 3 is 2.44 bits per heavy atom. The van der Waals surface area contributed by atoms with Gasteiger partial charge in [0.15, 0.2) is 0 Å². The van der Waals surface area contributed by atoms with E-state index in [-0.39, 0.29) is 5.75 Å². The van der Waals surface area contributed by atoms with Crippen LogP contribution < -0.4 is 5.14 Å². The van der Waals surface area contributed by atoms with Crippen LogP contribution >= 0.6 is 0 Å². The lowest BCUT2D eigenvalue weighted by Crippen LogP contribution is -2.20. The monoisotopic (exact) mass is 279 g/mol. The van der Waals surface area contributed by atoms with Gasteiger partial charge in [-0.05, 0) is 31.6 Å². The topological polar surface area (TPSA) is 78.6 Å². The predicted molar refractivity (Wildman–Crippen MR) is 70.8 cm³/mol. The molecule has 1 aliphatic heterocycles. The maximum absolute atomic E-state index is 10.7. The van der Waals surface area contributed by atoms with Crippen molar-refractivity contribution >= 4 is 10.0 Å². The van der Waals surface area contributed by atoms with E-state index in [1.165, 1.54) is 0 Å². The molecule has 1 rings (SSSR count). The minimum atomic E-state index is -3.28. The van der Waals surface area contributed by atoms with Gasteiger partial charge in [-0.2, -0.15) is 0 Å². The van der Waals surface area contributed by atoms with Crippen LogP contribution in [0.3, 0.4) is 0 Å². The van der Waals surface area contributed by atoms with Gasteiger partial charge in [-0.3, -0.25) is 0 Å². The molecule has 1 fully saturated rings. The number of rotatable bonds is 9. The lowest BCUT2D eigenvalue weighted by molar-refractivity contribution is 0.0198. The van der Waals surface area contributed by atoms with Crippen molar-refractivity contribution in [2.75, 3.05) is 32.2 Å². The molecule has 108 valence electrons. The van der Waals surface area contributed by atoms with Gasteiger partial charge in [0.1, 0.15) is 0 Å². The van der Waals surface area contributed by atoms with Gasteiger partial charge in [0.25, 0.3) is 0 Å². The molecule has 0 spiro atoms. The molecule has 5 nitrogen and oxygen atoms in total. The maximum Gasteiger partial charge on any atom is 0.209 e. The molecule has 0 saturated carbocycles. The molecule has 0 atom stereocenters. The average Bonchev–Trinajstić information content (AvgIpc) is 2.32. The summed E-state index contributed by atoms with van der Waals surface area (Å²) in [7, 11) is -3.28. The number of hydrogen-bond donors (Lipinski definition) is 1. The van der Waals surface area contributed by atoms with Crippen LogP contribution in [0.15, 0.2) is 0 Å². The molecule has 0 amide bonds. The predicted octanol–water partition coefficient (Wildman–Crippen LogP) is 1.28. The van der Waals surface area contributed by atoms with Crippen LogP contribution in [0.25, 0.3) is 0 Å². The summed E-state index contributed by atoms with van der Waals surface area (Å²) < 4.78 is 32.3. The van der Waals surface area contributed by atoms with E-state index in [9.17, 15) is 8.42 Å². The Morgan fingerprint density at radius 2 is 1.78 bits per heavy atom. The summed E-state index contributed by atoms with van der Waals surface area (Å²) in [5, 5.41) is 4.92. The van der Waals surface area contributed by atoms with Gasteiger partial charge in [0.2, 0.25) is 10.0 Å². The molecule has 1 heterocycles. The first kappa shape index (κ1) is 15.9. The highest BCUT2D eigenvalue weighted by molar-refractivity contribution is 7.89. The zero-order chi connectivity index (χ0) is 13.3. The van der Waals surface area contributed by atoms with Crippen LogP contribution in [0.2, 0.25) is 0 Å². The first-order chi connectivity index (χ1) is 8.58. The zero-order valence-corrected chi connectivity index (χ0v) is 11.8. The Kier molecular flexibility index (Phi) is 7.81. The van der Waals surface area contributed by atoms with E-state index in [1.807, 2.05) is 0 Å². The summed E-state index contributed by atoms with van der Waals surface area (Å²) in [6.45, 7) is 3.33. The van der Waals surface area contributed by atoms with E-state index < -0.39 is 10.0 Å². The van der Waals surface area contributed by atoms with Gasteiger partial charge in [-0.25, -0.2) is 13.6 Å². The van der Waals surface area contributed by atoms with Gasteiger partial charge < -0.3 is 9.47 Å². The summed E-state index contributed by atoms with van der Waals surface area (Å²) in [5.74, 6) is 0.747. The maximum atomic E-state index is 10.7.